The molecule has 2 heterocycles. The van der Waals surface area contributed by atoms with Gasteiger partial charge in [0.25, 0.3) is 0 Å². The molecule has 1 fully saturated rings. The zero-order valence-electron chi connectivity index (χ0n) is 22.7. The lowest BCUT2D eigenvalue weighted by Gasteiger charge is -2.19. The van der Waals surface area contributed by atoms with Gasteiger partial charge in [0.2, 0.25) is 5.91 Å². The minimum Gasteiger partial charge on any atom is -0.311 e. The van der Waals surface area contributed by atoms with Gasteiger partial charge >= 0.3 is 0 Å². The van der Waals surface area contributed by atoms with Crippen LogP contribution in [-0.4, -0.2) is 41.6 Å². The number of carbonyl (C=O) groups is 1. The summed E-state index contributed by atoms with van der Waals surface area (Å²) in [7, 11) is 4.16. The molecule has 2 atom stereocenters. The van der Waals surface area contributed by atoms with Crippen LogP contribution in [0.2, 0.25) is 0 Å². The lowest BCUT2D eigenvalue weighted by molar-refractivity contribution is -0.120. The first-order valence-corrected chi connectivity index (χ1v) is 13.7. The minimum atomic E-state index is -0.414. The first-order chi connectivity index (χ1) is 18.4. The summed E-state index contributed by atoms with van der Waals surface area (Å²) in [6.07, 6.45) is 6.06. The van der Waals surface area contributed by atoms with Crippen LogP contribution in [0.15, 0.2) is 66.7 Å². The number of aromatic amines is 1. The summed E-state index contributed by atoms with van der Waals surface area (Å²) >= 11 is 0. The number of nitrogens with zero attached hydrogens (tertiary/aromatic N) is 3. The number of para-hydroxylation sites is 1. The Balaban J connectivity index is 1.23. The van der Waals surface area contributed by atoms with E-state index in [1.54, 1.807) is 0 Å². The molecule has 0 radical (unpaired) electrons. The second-order valence-electron chi connectivity index (χ2n) is 11.6. The Kier molecular flexibility index (Phi) is 6.19. The molecule has 5 heteroatoms. The van der Waals surface area contributed by atoms with Gasteiger partial charge in [-0.05, 0) is 73.3 Å². The molecule has 4 aromatic rings. The molecule has 194 valence electrons. The summed E-state index contributed by atoms with van der Waals surface area (Å²) in [6, 6.07) is 23.6. The molecular formula is C33H36N4O. The molecule has 1 N–H and O–H groups in total. The molecule has 2 aliphatic rings. The van der Waals surface area contributed by atoms with Crippen molar-refractivity contribution >= 4 is 34.6 Å². The smallest absolute Gasteiger partial charge is 0.238 e. The van der Waals surface area contributed by atoms with Gasteiger partial charge in [-0.3, -0.25) is 9.89 Å². The van der Waals surface area contributed by atoms with E-state index in [0.29, 0.717) is 5.92 Å². The van der Waals surface area contributed by atoms with E-state index in [4.69, 9.17) is 0 Å². The maximum absolute atomic E-state index is 13.8. The van der Waals surface area contributed by atoms with Crippen molar-refractivity contribution in [2.75, 3.05) is 25.5 Å². The van der Waals surface area contributed by atoms with Gasteiger partial charge in [-0.1, -0.05) is 74.5 Å². The molecule has 1 saturated carbocycles. The highest BCUT2D eigenvalue weighted by Crippen LogP contribution is 2.66. The minimum absolute atomic E-state index is 0.201. The fourth-order valence-corrected chi connectivity index (χ4v) is 6.04. The second-order valence-corrected chi connectivity index (χ2v) is 11.6. The molecule has 1 amide bonds. The lowest BCUT2D eigenvalue weighted by Crippen LogP contribution is -2.34. The van der Waals surface area contributed by atoms with Crippen LogP contribution in [0.25, 0.3) is 23.1 Å². The second kappa shape index (κ2) is 9.55. The third-order valence-electron chi connectivity index (χ3n) is 8.12. The average Bonchev–Trinajstić information content (AvgIpc) is 3.46. The third-order valence-corrected chi connectivity index (χ3v) is 8.12. The Hall–Kier alpha value is -3.70. The van der Waals surface area contributed by atoms with E-state index >= 15 is 0 Å². The van der Waals surface area contributed by atoms with Gasteiger partial charge in [0.1, 0.15) is 0 Å². The van der Waals surface area contributed by atoms with Gasteiger partial charge < -0.3 is 9.80 Å². The van der Waals surface area contributed by atoms with Gasteiger partial charge in [-0.25, -0.2) is 0 Å². The normalized spacial score (nSPS) is 20.5. The van der Waals surface area contributed by atoms with Crippen LogP contribution in [-0.2, 0) is 16.8 Å². The Bertz CT molecular complexity index is 1510. The van der Waals surface area contributed by atoms with Gasteiger partial charge in [0.15, 0.2) is 0 Å². The van der Waals surface area contributed by atoms with E-state index < -0.39 is 5.41 Å². The first-order valence-electron chi connectivity index (χ1n) is 13.7. The molecule has 1 spiro atoms. The van der Waals surface area contributed by atoms with Crippen molar-refractivity contribution in [2.45, 2.75) is 44.6 Å². The van der Waals surface area contributed by atoms with Crippen LogP contribution < -0.4 is 4.90 Å². The fraction of sp³-hybridized carbons (Fsp3) is 0.333. The van der Waals surface area contributed by atoms with Crippen LogP contribution in [0.3, 0.4) is 0 Å². The molecular weight excluding hydrogens is 468 g/mol. The summed E-state index contributed by atoms with van der Waals surface area (Å²) in [4.78, 5) is 18.0. The number of nitrogens with one attached hydrogen (secondary N) is 1. The predicted octanol–water partition coefficient (Wildman–Crippen LogP) is 6.61. The standard InChI is InChI=1S/C33H36N4O/c1-22(2)17-18-37-31-8-6-5-7-27(31)33(32(37)38)20-28(33)25-14-15-26-29(34-35-30(26)19-25)16-13-23-9-11-24(12-10-23)21-36(3)4/h5-16,19,22,28H,17-18,20-21H2,1-4H3,(H,34,35)/t28-,33-/m0/s1. The number of aromatic nitrogens is 2. The van der Waals surface area contributed by atoms with E-state index in [1.165, 1.54) is 16.7 Å². The quantitative estimate of drug-likeness (QED) is 0.294. The number of amides is 1. The van der Waals surface area contributed by atoms with Gasteiger partial charge in [-0.15, -0.1) is 0 Å². The summed E-state index contributed by atoms with van der Waals surface area (Å²) < 4.78 is 0. The Morgan fingerprint density at radius 1 is 1.08 bits per heavy atom. The number of rotatable bonds is 8. The molecule has 38 heavy (non-hydrogen) atoms. The van der Waals surface area contributed by atoms with Crippen LogP contribution in [0.1, 0.15) is 60.6 Å². The van der Waals surface area contributed by atoms with Crippen molar-refractivity contribution in [3.63, 3.8) is 0 Å². The van der Waals surface area contributed by atoms with Gasteiger partial charge in [0, 0.05) is 30.1 Å². The van der Waals surface area contributed by atoms with Crippen molar-refractivity contribution in [1.82, 2.24) is 15.1 Å². The molecule has 0 saturated heterocycles. The SMILES string of the molecule is CC(C)CCN1C(=O)[C@@]2(C[C@H]2c2ccc3c(C=Cc4ccc(CN(C)C)cc4)n[nH]c3c2)c2ccccc21. The maximum Gasteiger partial charge on any atom is 0.238 e. The summed E-state index contributed by atoms with van der Waals surface area (Å²) in [5.74, 6) is 1.04. The van der Waals surface area contributed by atoms with Crippen LogP contribution in [0, 0.1) is 5.92 Å². The van der Waals surface area contributed by atoms with Crippen molar-refractivity contribution in [3.05, 3.63) is 94.7 Å². The van der Waals surface area contributed by atoms with E-state index in [9.17, 15) is 4.79 Å². The molecule has 6 rings (SSSR count). The van der Waals surface area contributed by atoms with Crippen molar-refractivity contribution < 1.29 is 4.79 Å². The van der Waals surface area contributed by atoms with Crippen LogP contribution in [0.5, 0.6) is 0 Å². The fourth-order valence-electron chi connectivity index (χ4n) is 6.04. The van der Waals surface area contributed by atoms with Gasteiger partial charge in [-0.2, -0.15) is 5.10 Å². The topological polar surface area (TPSA) is 52.2 Å². The molecule has 0 bridgehead atoms. The maximum atomic E-state index is 13.8. The highest BCUT2D eigenvalue weighted by Gasteiger charge is 2.67. The zero-order chi connectivity index (χ0) is 26.4. The zero-order valence-corrected chi connectivity index (χ0v) is 22.7. The summed E-state index contributed by atoms with van der Waals surface area (Å²) in [5, 5.41) is 8.91. The molecule has 1 aliphatic heterocycles. The van der Waals surface area contributed by atoms with E-state index in [0.717, 1.165) is 53.8 Å². The van der Waals surface area contributed by atoms with Crippen LogP contribution in [0.4, 0.5) is 5.69 Å². The highest BCUT2D eigenvalue weighted by molar-refractivity contribution is 6.11. The largest absolute Gasteiger partial charge is 0.311 e. The predicted molar refractivity (Wildman–Crippen MR) is 156 cm³/mol. The Morgan fingerprint density at radius 2 is 1.87 bits per heavy atom. The number of carbonyl (C=O) groups excluding carboxylic acids is 1. The summed E-state index contributed by atoms with van der Waals surface area (Å²) in [6.45, 7) is 6.15. The Labute approximate surface area is 225 Å². The molecule has 3 aromatic carbocycles. The van der Waals surface area contributed by atoms with E-state index in [-0.39, 0.29) is 11.8 Å². The number of fused-ring (bicyclic) bond motifs is 3. The van der Waals surface area contributed by atoms with Gasteiger partial charge in [0.05, 0.1) is 16.6 Å². The molecule has 0 unspecified atom stereocenters. The number of hydrogen-bond donors (Lipinski definition) is 1. The highest BCUT2D eigenvalue weighted by atomic mass is 16.2. The van der Waals surface area contributed by atoms with E-state index in [1.807, 2.05) is 4.90 Å². The number of hydrogen-bond acceptors (Lipinski definition) is 3. The van der Waals surface area contributed by atoms with Crippen molar-refractivity contribution in [3.8, 4) is 0 Å². The molecule has 1 aliphatic carbocycles. The number of benzene rings is 3. The average molecular weight is 505 g/mol. The van der Waals surface area contributed by atoms with Crippen LogP contribution >= 0.6 is 0 Å². The van der Waals surface area contributed by atoms with Crippen molar-refractivity contribution in [1.29, 1.82) is 0 Å². The van der Waals surface area contributed by atoms with E-state index in [2.05, 4.69) is 122 Å². The molecule has 5 nitrogen and oxygen atoms in total. The van der Waals surface area contributed by atoms with Crippen molar-refractivity contribution in [2.24, 2.45) is 5.92 Å². The summed E-state index contributed by atoms with van der Waals surface area (Å²) in [5.41, 5.74) is 7.49. The Morgan fingerprint density at radius 3 is 2.63 bits per heavy atom. The third kappa shape index (κ3) is 4.25. The lowest BCUT2D eigenvalue weighted by atomic mass is 9.92. The monoisotopic (exact) mass is 504 g/mol. The first kappa shape index (κ1) is 24.6. The number of anilines is 1. The molecule has 1 aromatic heterocycles. The number of H-pyrrole nitrogens is 1.